The van der Waals surface area contributed by atoms with Crippen LogP contribution in [0.15, 0.2) is 18.3 Å². The number of amides is 1. The third kappa shape index (κ3) is 3.23. The SMILES string of the molecule is CCC(C)NC(=O)c1ccc(OC)nc1. The molecule has 1 rings (SSSR count). The summed E-state index contributed by atoms with van der Waals surface area (Å²) in [6.07, 6.45) is 2.42. The van der Waals surface area contributed by atoms with Gasteiger partial charge >= 0.3 is 0 Å². The lowest BCUT2D eigenvalue weighted by molar-refractivity contribution is 0.0939. The van der Waals surface area contributed by atoms with E-state index in [-0.39, 0.29) is 11.9 Å². The third-order valence-electron chi connectivity index (χ3n) is 2.20. The normalized spacial score (nSPS) is 11.9. The summed E-state index contributed by atoms with van der Waals surface area (Å²) in [4.78, 5) is 15.6. The van der Waals surface area contributed by atoms with Gasteiger partial charge in [-0.1, -0.05) is 6.92 Å². The van der Waals surface area contributed by atoms with Crippen molar-refractivity contribution in [2.75, 3.05) is 7.11 Å². The number of aromatic nitrogens is 1. The number of carbonyl (C=O) groups is 1. The number of ether oxygens (including phenoxy) is 1. The van der Waals surface area contributed by atoms with Crippen molar-refractivity contribution in [3.63, 3.8) is 0 Å². The van der Waals surface area contributed by atoms with Crippen LogP contribution in [-0.2, 0) is 0 Å². The van der Waals surface area contributed by atoms with Gasteiger partial charge in [-0.25, -0.2) is 4.98 Å². The van der Waals surface area contributed by atoms with Crippen molar-refractivity contribution in [3.8, 4) is 5.88 Å². The lowest BCUT2D eigenvalue weighted by atomic mass is 10.2. The van der Waals surface area contributed by atoms with Crippen LogP contribution in [0.5, 0.6) is 5.88 Å². The molecule has 1 aromatic heterocycles. The fourth-order valence-corrected chi connectivity index (χ4v) is 1.04. The highest BCUT2D eigenvalue weighted by Crippen LogP contribution is 2.06. The van der Waals surface area contributed by atoms with E-state index in [1.54, 1.807) is 19.2 Å². The summed E-state index contributed by atoms with van der Waals surface area (Å²) in [6, 6.07) is 3.55. The molecule has 15 heavy (non-hydrogen) atoms. The van der Waals surface area contributed by atoms with Crippen LogP contribution in [0.4, 0.5) is 0 Å². The van der Waals surface area contributed by atoms with Gasteiger partial charge in [-0.05, 0) is 19.4 Å². The quantitative estimate of drug-likeness (QED) is 0.818. The van der Waals surface area contributed by atoms with Crippen LogP contribution < -0.4 is 10.1 Å². The molecule has 0 radical (unpaired) electrons. The van der Waals surface area contributed by atoms with E-state index in [0.717, 1.165) is 6.42 Å². The van der Waals surface area contributed by atoms with Gasteiger partial charge in [0.15, 0.2) is 0 Å². The van der Waals surface area contributed by atoms with Crippen LogP contribution in [0, 0.1) is 0 Å². The van der Waals surface area contributed by atoms with E-state index < -0.39 is 0 Å². The first-order chi connectivity index (χ1) is 7.17. The Bertz CT molecular complexity index is 322. The Balaban J connectivity index is 2.66. The van der Waals surface area contributed by atoms with E-state index in [1.807, 2.05) is 13.8 Å². The van der Waals surface area contributed by atoms with E-state index in [9.17, 15) is 4.79 Å². The van der Waals surface area contributed by atoms with Crippen LogP contribution in [0.2, 0.25) is 0 Å². The Labute approximate surface area is 89.7 Å². The molecule has 4 heteroatoms. The molecule has 0 bridgehead atoms. The largest absolute Gasteiger partial charge is 0.481 e. The molecule has 4 nitrogen and oxygen atoms in total. The van der Waals surface area contributed by atoms with Crippen LogP contribution in [0.1, 0.15) is 30.6 Å². The van der Waals surface area contributed by atoms with E-state index >= 15 is 0 Å². The minimum atomic E-state index is -0.0977. The van der Waals surface area contributed by atoms with E-state index in [1.165, 1.54) is 6.20 Å². The Hall–Kier alpha value is -1.58. The van der Waals surface area contributed by atoms with Crippen molar-refractivity contribution in [1.29, 1.82) is 0 Å². The first kappa shape index (κ1) is 11.5. The zero-order chi connectivity index (χ0) is 11.3. The maximum Gasteiger partial charge on any atom is 0.253 e. The second-order valence-electron chi connectivity index (χ2n) is 3.37. The molecule has 0 saturated carbocycles. The first-order valence-electron chi connectivity index (χ1n) is 4.98. The molecule has 0 aliphatic heterocycles. The topological polar surface area (TPSA) is 51.2 Å². The molecule has 0 spiro atoms. The second-order valence-corrected chi connectivity index (χ2v) is 3.37. The van der Waals surface area contributed by atoms with Gasteiger partial charge in [0.05, 0.1) is 12.7 Å². The Kier molecular flexibility index (Phi) is 4.09. The van der Waals surface area contributed by atoms with Gasteiger partial charge in [-0.3, -0.25) is 4.79 Å². The second kappa shape index (κ2) is 5.34. The summed E-state index contributed by atoms with van der Waals surface area (Å²) in [6.45, 7) is 3.99. The number of pyridine rings is 1. The zero-order valence-electron chi connectivity index (χ0n) is 9.28. The predicted molar refractivity (Wildman–Crippen MR) is 58.0 cm³/mol. The molecular weight excluding hydrogens is 192 g/mol. The molecule has 1 heterocycles. The van der Waals surface area contributed by atoms with Crippen molar-refractivity contribution < 1.29 is 9.53 Å². The fourth-order valence-electron chi connectivity index (χ4n) is 1.04. The fraction of sp³-hybridized carbons (Fsp3) is 0.455. The van der Waals surface area contributed by atoms with Crippen LogP contribution in [0.3, 0.4) is 0 Å². The molecule has 1 atom stereocenters. The monoisotopic (exact) mass is 208 g/mol. The van der Waals surface area contributed by atoms with Crippen LogP contribution in [-0.4, -0.2) is 24.0 Å². The van der Waals surface area contributed by atoms with Crippen molar-refractivity contribution >= 4 is 5.91 Å². The minimum absolute atomic E-state index is 0.0977. The van der Waals surface area contributed by atoms with Crippen molar-refractivity contribution in [2.45, 2.75) is 26.3 Å². The molecule has 1 unspecified atom stereocenters. The molecule has 0 aliphatic carbocycles. The summed E-state index contributed by atoms with van der Waals surface area (Å²) in [5, 5.41) is 2.86. The zero-order valence-corrected chi connectivity index (χ0v) is 9.28. The van der Waals surface area contributed by atoms with Gasteiger partial charge in [0.2, 0.25) is 5.88 Å². The highest BCUT2D eigenvalue weighted by molar-refractivity contribution is 5.94. The smallest absolute Gasteiger partial charge is 0.253 e. The highest BCUT2D eigenvalue weighted by Gasteiger charge is 2.08. The van der Waals surface area contributed by atoms with Crippen LogP contribution in [0.25, 0.3) is 0 Å². The molecule has 82 valence electrons. The number of rotatable bonds is 4. The molecule has 0 saturated heterocycles. The maximum absolute atomic E-state index is 11.6. The van der Waals surface area contributed by atoms with Gasteiger partial charge in [0.1, 0.15) is 0 Å². The number of nitrogens with one attached hydrogen (secondary N) is 1. The molecule has 1 aromatic rings. The Morgan fingerprint density at radius 1 is 1.60 bits per heavy atom. The molecule has 1 N–H and O–H groups in total. The number of hydrogen-bond acceptors (Lipinski definition) is 3. The number of methoxy groups -OCH3 is 1. The van der Waals surface area contributed by atoms with Gasteiger partial charge < -0.3 is 10.1 Å². The van der Waals surface area contributed by atoms with E-state index in [2.05, 4.69) is 10.3 Å². The summed E-state index contributed by atoms with van der Waals surface area (Å²) in [5.74, 6) is 0.412. The van der Waals surface area contributed by atoms with Crippen molar-refractivity contribution in [1.82, 2.24) is 10.3 Å². The van der Waals surface area contributed by atoms with E-state index in [0.29, 0.717) is 11.4 Å². The van der Waals surface area contributed by atoms with Crippen molar-refractivity contribution in [2.24, 2.45) is 0 Å². The molecule has 1 amide bonds. The molecule has 0 aromatic carbocycles. The molecule has 0 fully saturated rings. The lowest BCUT2D eigenvalue weighted by Gasteiger charge is -2.10. The minimum Gasteiger partial charge on any atom is -0.481 e. The van der Waals surface area contributed by atoms with Gasteiger partial charge in [-0.2, -0.15) is 0 Å². The van der Waals surface area contributed by atoms with Gasteiger partial charge in [0, 0.05) is 18.3 Å². The van der Waals surface area contributed by atoms with Gasteiger partial charge in [-0.15, -0.1) is 0 Å². The average Bonchev–Trinajstić information content (AvgIpc) is 2.29. The third-order valence-corrected chi connectivity index (χ3v) is 2.20. The highest BCUT2D eigenvalue weighted by atomic mass is 16.5. The molecular formula is C11H16N2O2. The van der Waals surface area contributed by atoms with Crippen molar-refractivity contribution in [3.05, 3.63) is 23.9 Å². The number of hydrogen-bond donors (Lipinski definition) is 1. The van der Waals surface area contributed by atoms with Crippen LogP contribution >= 0.6 is 0 Å². The summed E-state index contributed by atoms with van der Waals surface area (Å²) in [5.41, 5.74) is 0.552. The predicted octanol–water partition coefficient (Wildman–Crippen LogP) is 1.62. The van der Waals surface area contributed by atoms with E-state index in [4.69, 9.17) is 4.74 Å². The summed E-state index contributed by atoms with van der Waals surface area (Å²) >= 11 is 0. The summed E-state index contributed by atoms with van der Waals surface area (Å²) < 4.78 is 4.91. The Morgan fingerprint density at radius 3 is 2.80 bits per heavy atom. The summed E-state index contributed by atoms with van der Waals surface area (Å²) in [7, 11) is 1.54. The lowest BCUT2D eigenvalue weighted by Crippen LogP contribution is -2.31. The number of carbonyl (C=O) groups excluding carboxylic acids is 1. The first-order valence-corrected chi connectivity index (χ1v) is 4.98. The average molecular weight is 208 g/mol. The maximum atomic E-state index is 11.6. The molecule has 0 aliphatic rings. The Morgan fingerprint density at radius 2 is 2.33 bits per heavy atom. The number of nitrogens with zero attached hydrogens (tertiary/aromatic N) is 1. The van der Waals surface area contributed by atoms with Gasteiger partial charge in [0.25, 0.3) is 5.91 Å². The standard InChI is InChI=1S/C11H16N2O2/c1-4-8(2)13-11(14)9-5-6-10(15-3)12-7-9/h5-8H,4H2,1-3H3,(H,13,14).